The van der Waals surface area contributed by atoms with Crippen molar-refractivity contribution in [3.63, 3.8) is 0 Å². The molecule has 6 heteroatoms. The van der Waals surface area contributed by atoms with Crippen molar-refractivity contribution >= 4 is 11.8 Å². The van der Waals surface area contributed by atoms with Crippen molar-refractivity contribution in [2.75, 3.05) is 13.1 Å². The van der Waals surface area contributed by atoms with Crippen LogP contribution in [0.25, 0.3) is 0 Å². The highest BCUT2D eigenvalue weighted by Gasteiger charge is 2.07. The fourth-order valence-electron chi connectivity index (χ4n) is 1.38. The summed E-state index contributed by atoms with van der Waals surface area (Å²) in [4.78, 5) is 36.5. The molecule has 0 atom stereocenters. The molecule has 0 radical (unpaired) electrons. The molecule has 1 heterocycles. The maximum absolute atomic E-state index is 11.6. The van der Waals surface area contributed by atoms with Crippen molar-refractivity contribution in [2.45, 2.75) is 20.3 Å². The van der Waals surface area contributed by atoms with E-state index in [-0.39, 0.29) is 35.9 Å². The van der Waals surface area contributed by atoms with E-state index in [4.69, 9.17) is 0 Å². The highest BCUT2D eigenvalue weighted by atomic mass is 16.2. The molecule has 1 rings (SSSR count). The van der Waals surface area contributed by atoms with E-state index in [0.717, 1.165) is 0 Å². The monoisotopic (exact) mass is 265 g/mol. The van der Waals surface area contributed by atoms with Crippen LogP contribution in [0.5, 0.6) is 0 Å². The van der Waals surface area contributed by atoms with E-state index < -0.39 is 0 Å². The van der Waals surface area contributed by atoms with Gasteiger partial charge < -0.3 is 15.6 Å². The molecule has 0 aliphatic carbocycles. The first-order chi connectivity index (χ1) is 8.99. The van der Waals surface area contributed by atoms with Gasteiger partial charge in [0.2, 0.25) is 11.5 Å². The zero-order chi connectivity index (χ0) is 14.3. The Morgan fingerprint density at radius 3 is 2.68 bits per heavy atom. The molecular weight excluding hydrogens is 246 g/mol. The molecule has 0 bridgehead atoms. The van der Waals surface area contributed by atoms with Gasteiger partial charge in [0.05, 0.1) is 0 Å². The summed E-state index contributed by atoms with van der Waals surface area (Å²) in [6, 6.07) is 2.73. The van der Waals surface area contributed by atoms with Crippen LogP contribution in [-0.4, -0.2) is 29.9 Å². The Labute approximate surface area is 111 Å². The SMILES string of the molecule is CC(C)CNC(=O)CCNC(=O)c1cc[nH]c(=O)c1. The molecule has 0 spiro atoms. The van der Waals surface area contributed by atoms with E-state index in [0.29, 0.717) is 12.5 Å². The number of H-pyrrole nitrogens is 1. The first kappa shape index (κ1) is 14.9. The number of hydrogen-bond donors (Lipinski definition) is 3. The number of pyridine rings is 1. The van der Waals surface area contributed by atoms with Gasteiger partial charge in [-0.2, -0.15) is 0 Å². The van der Waals surface area contributed by atoms with E-state index in [1.807, 2.05) is 13.8 Å². The van der Waals surface area contributed by atoms with Crippen molar-refractivity contribution in [1.82, 2.24) is 15.6 Å². The second-order valence-corrected chi connectivity index (χ2v) is 4.65. The molecule has 1 aromatic heterocycles. The molecule has 0 aliphatic rings. The van der Waals surface area contributed by atoms with Gasteiger partial charge in [-0.3, -0.25) is 14.4 Å². The maximum Gasteiger partial charge on any atom is 0.251 e. The molecule has 6 nitrogen and oxygen atoms in total. The molecule has 3 N–H and O–H groups in total. The quantitative estimate of drug-likeness (QED) is 0.689. The summed E-state index contributed by atoms with van der Waals surface area (Å²) in [7, 11) is 0. The fourth-order valence-corrected chi connectivity index (χ4v) is 1.38. The minimum atomic E-state index is -0.359. The standard InChI is InChI=1S/C13H19N3O3/c1-9(2)8-16-11(17)4-6-15-13(19)10-3-5-14-12(18)7-10/h3,5,7,9H,4,6,8H2,1-2H3,(H,14,18)(H,15,19)(H,16,17). The van der Waals surface area contributed by atoms with Gasteiger partial charge >= 0.3 is 0 Å². The Morgan fingerprint density at radius 2 is 2.05 bits per heavy atom. The number of amides is 2. The van der Waals surface area contributed by atoms with E-state index in [2.05, 4.69) is 15.6 Å². The van der Waals surface area contributed by atoms with Crippen LogP contribution < -0.4 is 16.2 Å². The van der Waals surface area contributed by atoms with Crippen LogP contribution in [0.4, 0.5) is 0 Å². The van der Waals surface area contributed by atoms with E-state index >= 15 is 0 Å². The van der Waals surface area contributed by atoms with E-state index in [1.54, 1.807) is 0 Å². The molecule has 1 aromatic rings. The van der Waals surface area contributed by atoms with Crippen molar-refractivity contribution in [1.29, 1.82) is 0 Å². The normalized spacial score (nSPS) is 10.3. The summed E-state index contributed by atoms with van der Waals surface area (Å²) in [5.41, 5.74) is -0.0475. The average Bonchev–Trinajstić information content (AvgIpc) is 2.36. The van der Waals surface area contributed by atoms with Gasteiger partial charge in [-0.05, 0) is 12.0 Å². The minimum Gasteiger partial charge on any atom is -0.356 e. The average molecular weight is 265 g/mol. The Balaban J connectivity index is 2.31. The number of carbonyl (C=O) groups is 2. The molecule has 0 aromatic carbocycles. The highest BCUT2D eigenvalue weighted by Crippen LogP contribution is 1.93. The van der Waals surface area contributed by atoms with E-state index in [1.165, 1.54) is 18.3 Å². The number of aromatic nitrogens is 1. The first-order valence-corrected chi connectivity index (χ1v) is 6.22. The predicted molar refractivity (Wildman–Crippen MR) is 71.9 cm³/mol. The summed E-state index contributed by atoms with van der Waals surface area (Å²) in [6.07, 6.45) is 1.63. The summed E-state index contributed by atoms with van der Waals surface area (Å²) < 4.78 is 0. The zero-order valence-corrected chi connectivity index (χ0v) is 11.2. The van der Waals surface area contributed by atoms with Gasteiger partial charge in [0.1, 0.15) is 0 Å². The topological polar surface area (TPSA) is 91.1 Å². The second-order valence-electron chi connectivity index (χ2n) is 4.65. The summed E-state index contributed by atoms with van der Waals surface area (Å²) in [6.45, 7) is 4.89. The van der Waals surface area contributed by atoms with Crippen LogP contribution in [0.15, 0.2) is 23.1 Å². The Kier molecular flexibility index (Phi) is 5.78. The third-order valence-electron chi connectivity index (χ3n) is 2.38. The maximum atomic E-state index is 11.6. The fraction of sp³-hybridized carbons (Fsp3) is 0.462. The lowest BCUT2D eigenvalue weighted by molar-refractivity contribution is -0.121. The molecule has 0 aliphatic heterocycles. The van der Waals surface area contributed by atoms with Crippen LogP contribution in [0.1, 0.15) is 30.6 Å². The summed E-state index contributed by atoms with van der Waals surface area (Å²) in [5, 5.41) is 5.35. The summed E-state index contributed by atoms with van der Waals surface area (Å²) in [5.74, 6) is -0.0581. The molecule has 0 saturated carbocycles. The number of rotatable bonds is 6. The highest BCUT2D eigenvalue weighted by molar-refractivity contribution is 5.94. The molecular formula is C13H19N3O3. The molecule has 104 valence electrons. The number of aromatic amines is 1. The zero-order valence-electron chi connectivity index (χ0n) is 11.2. The van der Waals surface area contributed by atoms with Gasteiger partial charge in [0.15, 0.2) is 0 Å². The smallest absolute Gasteiger partial charge is 0.251 e. The Morgan fingerprint density at radius 1 is 1.32 bits per heavy atom. The van der Waals surface area contributed by atoms with Crippen LogP contribution in [0, 0.1) is 5.92 Å². The van der Waals surface area contributed by atoms with Crippen LogP contribution in [-0.2, 0) is 4.79 Å². The molecule has 0 fully saturated rings. The van der Waals surface area contributed by atoms with Crippen LogP contribution in [0.2, 0.25) is 0 Å². The predicted octanol–water partition coefficient (Wildman–Crippen LogP) is 0.267. The van der Waals surface area contributed by atoms with Crippen molar-refractivity contribution < 1.29 is 9.59 Å². The van der Waals surface area contributed by atoms with Crippen molar-refractivity contribution in [2.24, 2.45) is 5.92 Å². The van der Waals surface area contributed by atoms with E-state index in [9.17, 15) is 14.4 Å². The number of carbonyl (C=O) groups excluding carboxylic acids is 2. The molecule has 0 saturated heterocycles. The second kappa shape index (κ2) is 7.35. The lowest BCUT2D eigenvalue weighted by atomic mass is 10.2. The van der Waals surface area contributed by atoms with Crippen molar-refractivity contribution in [3.8, 4) is 0 Å². The minimum absolute atomic E-state index is 0.0973. The Bertz CT molecular complexity index is 494. The summed E-state index contributed by atoms with van der Waals surface area (Å²) >= 11 is 0. The van der Waals surface area contributed by atoms with Crippen LogP contribution >= 0.6 is 0 Å². The Hall–Kier alpha value is -2.11. The molecule has 2 amide bonds. The van der Waals surface area contributed by atoms with Gasteiger partial charge in [-0.1, -0.05) is 13.8 Å². The van der Waals surface area contributed by atoms with Gasteiger partial charge in [-0.25, -0.2) is 0 Å². The largest absolute Gasteiger partial charge is 0.356 e. The third kappa shape index (κ3) is 5.85. The number of nitrogens with one attached hydrogen (secondary N) is 3. The van der Waals surface area contributed by atoms with Gasteiger partial charge in [-0.15, -0.1) is 0 Å². The van der Waals surface area contributed by atoms with Gasteiger partial charge in [0, 0.05) is 37.3 Å². The lowest BCUT2D eigenvalue weighted by Crippen LogP contribution is -2.32. The third-order valence-corrected chi connectivity index (χ3v) is 2.38. The molecule has 0 unspecified atom stereocenters. The molecule has 19 heavy (non-hydrogen) atoms. The first-order valence-electron chi connectivity index (χ1n) is 6.22. The lowest BCUT2D eigenvalue weighted by Gasteiger charge is -2.08. The van der Waals surface area contributed by atoms with Crippen LogP contribution in [0.3, 0.4) is 0 Å². The number of hydrogen-bond acceptors (Lipinski definition) is 3. The van der Waals surface area contributed by atoms with Crippen molar-refractivity contribution in [3.05, 3.63) is 34.2 Å². The van der Waals surface area contributed by atoms with Gasteiger partial charge in [0.25, 0.3) is 5.91 Å².